The first-order chi connectivity index (χ1) is 16.8. The third-order valence-corrected chi connectivity index (χ3v) is 8.61. The molecule has 1 amide bonds. The number of benzene rings is 2. The second-order valence-electron chi connectivity index (χ2n) is 8.92. The van der Waals surface area contributed by atoms with E-state index < -0.39 is 16.1 Å². The number of carbonyl (C=O) groups is 1. The second-order valence-corrected chi connectivity index (χ2v) is 10.9. The second kappa shape index (κ2) is 10.6. The van der Waals surface area contributed by atoms with Crippen molar-refractivity contribution in [2.45, 2.75) is 49.1 Å². The van der Waals surface area contributed by atoms with Gasteiger partial charge >= 0.3 is 0 Å². The minimum Gasteiger partial charge on any atom is -0.497 e. The van der Waals surface area contributed by atoms with E-state index in [0.29, 0.717) is 11.6 Å². The summed E-state index contributed by atoms with van der Waals surface area (Å²) in [4.78, 5) is 17.9. The minimum atomic E-state index is -3.71. The first-order valence-corrected chi connectivity index (χ1v) is 13.3. The molecule has 1 atom stereocenters. The fourth-order valence-corrected chi connectivity index (χ4v) is 6.03. The van der Waals surface area contributed by atoms with Crippen LogP contribution in [-0.4, -0.2) is 48.4 Å². The van der Waals surface area contributed by atoms with Crippen LogP contribution in [0.15, 0.2) is 65.8 Å². The molecule has 2 aromatic carbocycles. The van der Waals surface area contributed by atoms with E-state index in [1.165, 1.54) is 10.4 Å². The lowest BCUT2D eigenvalue weighted by atomic mass is 9.96. The van der Waals surface area contributed by atoms with Crippen LogP contribution in [0.5, 0.6) is 5.75 Å². The molecule has 1 aromatic heterocycles. The number of aryl methyl sites for hydroxylation is 1. The van der Waals surface area contributed by atoms with Gasteiger partial charge in [-0.3, -0.25) is 4.79 Å². The Morgan fingerprint density at radius 1 is 1.14 bits per heavy atom. The van der Waals surface area contributed by atoms with E-state index >= 15 is 0 Å². The van der Waals surface area contributed by atoms with Gasteiger partial charge in [0.15, 0.2) is 0 Å². The number of carbonyl (C=O) groups excluding carboxylic acids is 1. The van der Waals surface area contributed by atoms with Crippen molar-refractivity contribution in [3.05, 3.63) is 77.9 Å². The van der Waals surface area contributed by atoms with Gasteiger partial charge in [0, 0.05) is 38.1 Å². The molecule has 1 heterocycles. The van der Waals surface area contributed by atoms with Crippen molar-refractivity contribution >= 4 is 15.9 Å². The number of sulfonamides is 1. The van der Waals surface area contributed by atoms with Gasteiger partial charge in [0.05, 0.1) is 12.0 Å². The molecule has 1 aliphatic rings. The number of nitrogens with zero attached hydrogens (tertiary/aromatic N) is 3. The lowest BCUT2D eigenvalue weighted by molar-refractivity contribution is 0.0941. The van der Waals surface area contributed by atoms with Crippen LogP contribution in [0.3, 0.4) is 0 Å². The Morgan fingerprint density at radius 3 is 2.49 bits per heavy atom. The van der Waals surface area contributed by atoms with Gasteiger partial charge in [-0.1, -0.05) is 37.5 Å². The van der Waals surface area contributed by atoms with Crippen LogP contribution in [0, 0.1) is 0 Å². The highest BCUT2D eigenvalue weighted by atomic mass is 32.2. The van der Waals surface area contributed by atoms with Crippen LogP contribution in [0.2, 0.25) is 0 Å². The summed E-state index contributed by atoms with van der Waals surface area (Å²) in [5.41, 5.74) is 1.10. The summed E-state index contributed by atoms with van der Waals surface area (Å²) in [6.45, 7) is 0. The Hall–Kier alpha value is -3.17. The van der Waals surface area contributed by atoms with Crippen LogP contribution in [0.1, 0.15) is 59.9 Å². The smallest absolute Gasteiger partial charge is 0.252 e. The van der Waals surface area contributed by atoms with E-state index in [9.17, 15) is 13.2 Å². The molecule has 8 nitrogen and oxygen atoms in total. The summed E-state index contributed by atoms with van der Waals surface area (Å²) in [6.07, 6.45) is 8.43. The standard InChI is InChI=1S/C26H32N4O4S/c1-29-17-16-27-25(29)24(19-12-14-22(34-3)15-13-19)28-26(31)20-8-7-11-23(18-20)35(32,33)30(2)21-9-5-4-6-10-21/h7-8,11-18,21,24H,4-6,9-10H2,1-3H3,(H,28,31). The average Bonchev–Trinajstić information content (AvgIpc) is 3.32. The van der Waals surface area contributed by atoms with Gasteiger partial charge in [-0.05, 0) is 48.7 Å². The number of nitrogens with one attached hydrogen (secondary N) is 1. The van der Waals surface area contributed by atoms with Crippen molar-refractivity contribution in [3.8, 4) is 5.75 Å². The summed E-state index contributed by atoms with van der Waals surface area (Å²) in [5.74, 6) is 0.981. The predicted octanol–water partition coefficient (Wildman–Crippen LogP) is 3.90. The fraction of sp³-hybridized carbons (Fsp3) is 0.385. The molecule has 186 valence electrons. The molecular formula is C26H32N4O4S. The normalized spacial score (nSPS) is 15.7. The minimum absolute atomic E-state index is 0.00546. The third-order valence-electron chi connectivity index (χ3n) is 6.70. The monoisotopic (exact) mass is 496 g/mol. The molecule has 1 N–H and O–H groups in total. The van der Waals surface area contributed by atoms with Gasteiger partial charge in [0.1, 0.15) is 17.6 Å². The molecule has 35 heavy (non-hydrogen) atoms. The van der Waals surface area contributed by atoms with Crippen molar-refractivity contribution in [1.82, 2.24) is 19.2 Å². The van der Waals surface area contributed by atoms with Gasteiger partial charge in [0.25, 0.3) is 5.91 Å². The number of methoxy groups -OCH3 is 1. The van der Waals surface area contributed by atoms with Crippen LogP contribution in [-0.2, 0) is 17.1 Å². The molecule has 0 aliphatic heterocycles. The lowest BCUT2D eigenvalue weighted by Crippen LogP contribution is -2.38. The number of ether oxygens (including phenoxy) is 1. The number of aromatic nitrogens is 2. The number of imidazole rings is 1. The number of hydrogen-bond acceptors (Lipinski definition) is 5. The highest BCUT2D eigenvalue weighted by molar-refractivity contribution is 7.89. The van der Waals surface area contributed by atoms with Gasteiger partial charge in [-0.2, -0.15) is 4.31 Å². The number of rotatable bonds is 8. The SMILES string of the molecule is COc1ccc(C(NC(=O)c2cccc(S(=O)(=O)N(C)C3CCCCC3)c2)c2nccn2C)cc1. The van der Waals surface area contributed by atoms with Gasteiger partial charge in [-0.15, -0.1) is 0 Å². The van der Waals surface area contributed by atoms with E-state index in [2.05, 4.69) is 10.3 Å². The summed E-state index contributed by atoms with van der Waals surface area (Å²) in [5, 5.41) is 3.03. The molecule has 1 unspecified atom stereocenters. The molecule has 0 spiro atoms. The zero-order valence-electron chi connectivity index (χ0n) is 20.3. The summed E-state index contributed by atoms with van der Waals surface area (Å²) < 4.78 is 35.2. The molecule has 3 aromatic rings. The van der Waals surface area contributed by atoms with E-state index in [1.807, 2.05) is 42.1 Å². The van der Waals surface area contributed by atoms with E-state index in [1.54, 1.807) is 38.6 Å². The summed E-state index contributed by atoms with van der Waals surface area (Å²) in [6, 6.07) is 13.1. The first-order valence-electron chi connectivity index (χ1n) is 11.8. The zero-order valence-corrected chi connectivity index (χ0v) is 21.2. The summed E-state index contributed by atoms with van der Waals surface area (Å²) in [7, 11) is 1.39. The maximum atomic E-state index is 13.3. The van der Waals surface area contributed by atoms with E-state index in [0.717, 1.165) is 37.7 Å². The Balaban J connectivity index is 1.60. The average molecular weight is 497 g/mol. The Bertz CT molecular complexity index is 1260. The highest BCUT2D eigenvalue weighted by Crippen LogP contribution is 2.27. The third kappa shape index (κ3) is 5.41. The molecule has 0 saturated heterocycles. The van der Waals surface area contributed by atoms with E-state index in [4.69, 9.17) is 4.74 Å². The molecule has 4 rings (SSSR count). The molecule has 1 aliphatic carbocycles. The molecular weight excluding hydrogens is 464 g/mol. The van der Waals surface area contributed by atoms with Crippen molar-refractivity contribution < 1.29 is 17.9 Å². The van der Waals surface area contributed by atoms with Crippen molar-refractivity contribution in [2.75, 3.05) is 14.2 Å². The van der Waals surface area contributed by atoms with Crippen LogP contribution < -0.4 is 10.1 Å². The Morgan fingerprint density at radius 2 is 1.86 bits per heavy atom. The number of amides is 1. The van der Waals surface area contributed by atoms with Gasteiger partial charge in [-0.25, -0.2) is 13.4 Å². The van der Waals surface area contributed by atoms with Gasteiger partial charge < -0.3 is 14.6 Å². The van der Waals surface area contributed by atoms with Crippen molar-refractivity contribution in [2.24, 2.45) is 7.05 Å². The Kier molecular flexibility index (Phi) is 7.57. The van der Waals surface area contributed by atoms with Crippen molar-refractivity contribution in [1.29, 1.82) is 0 Å². The number of hydrogen-bond donors (Lipinski definition) is 1. The van der Waals surface area contributed by atoms with Crippen LogP contribution in [0.4, 0.5) is 0 Å². The fourth-order valence-electron chi connectivity index (χ4n) is 4.57. The maximum absolute atomic E-state index is 13.3. The van der Waals surface area contributed by atoms with E-state index in [-0.39, 0.29) is 22.4 Å². The quantitative estimate of drug-likeness (QED) is 0.511. The molecule has 1 fully saturated rings. The maximum Gasteiger partial charge on any atom is 0.252 e. The first kappa shape index (κ1) is 24.9. The predicted molar refractivity (Wildman–Crippen MR) is 134 cm³/mol. The zero-order chi connectivity index (χ0) is 25.0. The van der Waals surface area contributed by atoms with Crippen LogP contribution >= 0.6 is 0 Å². The van der Waals surface area contributed by atoms with Crippen LogP contribution in [0.25, 0.3) is 0 Å². The molecule has 0 bridgehead atoms. The molecule has 0 radical (unpaired) electrons. The van der Waals surface area contributed by atoms with Crippen molar-refractivity contribution in [3.63, 3.8) is 0 Å². The lowest BCUT2D eigenvalue weighted by Gasteiger charge is -2.30. The molecule has 1 saturated carbocycles. The van der Waals surface area contributed by atoms with Gasteiger partial charge in [0.2, 0.25) is 10.0 Å². The largest absolute Gasteiger partial charge is 0.497 e. The Labute approximate surface area is 207 Å². The molecule has 9 heteroatoms. The topological polar surface area (TPSA) is 93.5 Å². The highest BCUT2D eigenvalue weighted by Gasteiger charge is 2.30. The summed E-state index contributed by atoms with van der Waals surface area (Å²) >= 11 is 0.